The fourth-order valence-electron chi connectivity index (χ4n) is 1.51. The van der Waals surface area contributed by atoms with Crippen molar-refractivity contribution in [1.82, 2.24) is 14.7 Å². The normalized spacial score (nSPS) is 13.5. The van der Waals surface area contributed by atoms with Gasteiger partial charge in [-0.15, -0.1) is 0 Å². The molecule has 0 spiro atoms. The van der Waals surface area contributed by atoms with Gasteiger partial charge in [0.15, 0.2) is 0 Å². The summed E-state index contributed by atoms with van der Waals surface area (Å²) in [6.45, 7) is 8.64. The molecular weight excluding hydrogens is 216 g/mol. The second-order valence-electron chi connectivity index (χ2n) is 5.48. The van der Waals surface area contributed by atoms with Gasteiger partial charge in [-0.05, 0) is 18.4 Å². The van der Waals surface area contributed by atoms with Crippen molar-refractivity contribution in [1.29, 1.82) is 0 Å². The molecule has 0 fully saturated rings. The van der Waals surface area contributed by atoms with Crippen LogP contribution in [0, 0.1) is 5.41 Å². The van der Waals surface area contributed by atoms with Crippen LogP contribution in [0.5, 0.6) is 0 Å². The second kappa shape index (κ2) is 4.77. The molecule has 1 heterocycles. The van der Waals surface area contributed by atoms with E-state index in [-0.39, 0.29) is 23.9 Å². The maximum absolute atomic E-state index is 12.0. The molecule has 2 N–H and O–H groups in total. The molecule has 1 aromatic rings. The highest BCUT2D eigenvalue weighted by molar-refractivity contribution is 5.76. The van der Waals surface area contributed by atoms with Crippen molar-refractivity contribution in [2.45, 2.75) is 40.3 Å². The van der Waals surface area contributed by atoms with Crippen LogP contribution < -0.4 is 5.73 Å². The zero-order chi connectivity index (χ0) is 13.2. The van der Waals surface area contributed by atoms with E-state index in [0.29, 0.717) is 5.82 Å². The van der Waals surface area contributed by atoms with Crippen molar-refractivity contribution >= 4 is 11.7 Å². The molecule has 5 nitrogen and oxygen atoms in total. The van der Waals surface area contributed by atoms with E-state index in [4.69, 9.17) is 5.73 Å². The first-order chi connectivity index (χ1) is 7.71. The van der Waals surface area contributed by atoms with Crippen molar-refractivity contribution in [3.63, 3.8) is 0 Å². The van der Waals surface area contributed by atoms with E-state index in [0.717, 1.165) is 0 Å². The smallest absolute Gasteiger partial charge is 0.244 e. The molecule has 1 unspecified atom stereocenters. The van der Waals surface area contributed by atoms with Gasteiger partial charge in [0.25, 0.3) is 0 Å². The standard InChI is InChI=1S/C12H22N4O/c1-9(12(2,3)4)15(5)11(17)8-16-7-6-10(13)14-16/h6-7,9H,8H2,1-5H3,(H2,13,14). The highest BCUT2D eigenvalue weighted by Crippen LogP contribution is 2.23. The Hall–Kier alpha value is -1.52. The van der Waals surface area contributed by atoms with Gasteiger partial charge in [0, 0.05) is 19.3 Å². The van der Waals surface area contributed by atoms with E-state index in [2.05, 4.69) is 32.8 Å². The predicted octanol–water partition coefficient (Wildman–Crippen LogP) is 1.36. The van der Waals surface area contributed by atoms with Gasteiger partial charge < -0.3 is 10.6 Å². The summed E-state index contributed by atoms with van der Waals surface area (Å²) < 4.78 is 1.56. The van der Waals surface area contributed by atoms with Crippen molar-refractivity contribution < 1.29 is 4.79 Å². The number of hydrogen-bond acceptors (Lipinski definition) is 3. The minimum Gasteiger partial charge on any atom is -0.382 e. The number of nitrogens with two attached hydrogens (primary N) is 1. The maximum atomic E-state index is 12.0. The van der Waals surface area contributed by atoms with Crippen molar-refractivity contribution in [3.05, 3.63) is 12.3 Å². The SMILES string of the molecule is CC(N(C)C(=O)Cn1ccc(N)n1)C(C)(C)C. The lowest BCUT2D eigenvalue weighted by atomic mass is 9.87. The monoisotopic (exact) mass is 238 g/mol. The Balaban J connectivity index is 2.65. The number of rotatable bonds is 3. The Morgan fingerprint density at radius 3 is 2.59 bits per heavy atom. The Labute approximate surface area is 103 Å². The zero-order valence-corrected chi connectivity index (χ0v) is 11.3. The average molecular weight is 238 g/mol. The summed E-state index contributed by atoms with van der Waals surface area (Å²) >= 11 is 0. The number of likely N-dealkylation sites (N-methyl/N-ethyl adjacent to an activating group) is 1. The van der Waals surface area contributed by atoms with Gasteiger partial charge >= 0.3 is 0 Å². The number of nitrogens with zero attached hydrogens (tertiary/aromatic N) is 3. The summed E-state index contributed by atoms with van der Waals surface area (Å²) in [6.07, 6.45) is 1.71. The molecule has 1 rings (SSSR count). The van der Waals surface area contributed by atoms with E-state index < -0.39 is 0 Å². The van der Waals surface area contributed by atoms with Crippen molar-refractivity contribution in [3.8, 4) is 0 Å². The number of carbonyl (C=O) groups is 1. The van der Waals surface area contributed by atoms with Crippen LogP contribution in [0.3, 0.4) is 0 Å². The van der Waals surface area contributed by atoms with Gasteiger partial charge in [-0.3, -0.25) is 9.48 Å². The quantitative estimate of drug-likeness (QED) is 0.864. The molecule has 1 atom stereocenters. The molecule has 0 saturated carbocycles. The number of anilines is 1. The molecule has 17 heavy (non-hydrogen) atoms. The average Bonchev–Trinajstić information content (AvgIpc) is 2.60. The van der Waals surface area contributed by atoms with Gasteiger partial charge in [-0.2, -0.15) is 5.10 Å². The first-order valence-corrected chi connectivity index (χ1v) is 5.76. The fraction of sp³-hybridized carbons (Fsp3) is 0.667. The molecule has 1 amide bonds. The van der Waals surface area contributed by atoms with Crippen LogP contribution in [0.15, 0.2) is 12.3 Å². The summed E-state index contributed by atoms with van der Waals surface area (Å²) in [6, 6.07) is 1.85. The summed E-state index contributed by atoms with van der Waals surface area (Å²) in [5.74, 6) is 0.472. The number of aromatic nitrogens is 2. The van der Waals surface area contributed by atoms with Gasteiger partial charge in [0.2, 0.25) is 5.91 Å². The molecule has 96 valence electrons. The van der Waals surface area contributed by atoms with E-state index in [9.17, 15) is 4.79 Å². The molecule has 0 aliphatic carbocycles. The molecule has 1 aromatic heterocycles. The lowest BCUT2D eigenvalue weighted by Crippen LogP contribution is -2.44. The third-order valence-corrected chi connectivity index (χ3v) is 3.19. The van der Waals surface area contributed by atoms with E-state index >= 15 is 0 Å². The summed E-state index contributed by atoms with van der Waals surface area (Å²) in [7, 11) is 1.82. The number of hydrogen-bond donors (Lipinski definition) is 1. The Bertz CT molecular complexity index is 391. The number of amides is 1. The molecule has 0 aromatic carbocycles. The molecule has 0 saturated heterocycles. The van der Waals surface area contributed by atoms with Gasteiger partial charge in [0.05, 0.1) is 0 Å². The molecule has 0 aliphatic rings. The minimum atomic E-state index is 0.0375. The Morgan fingerprint density at radius 1 is 1.59 bits per heavy atom. The first kappa shape index (κ1) is 13.5. The van der Waals surface area contributed by atoms with Crippen LogP contribution in [0.2, 0.25) is 0 Å². The first-order valence-electron chi connectivity index (χ1n) is 5.76. The lowest BCUT2D eigenvalue weighted by Gasteiger charge is -2.35. The predicted molar refractivity (Wildman–Crippen MR) is 68.3 cm³/mol. The van der Waals surface area contributed by atoms with Crippen LogP contribution in [0.1, 0.15) is 27.7 Å². The van der Waals surface area contributed by atoms with E-state index in [1.54, 1.807) is 21.8 Å². The van der Waals surface area contributed by atoms with E-state index in [1.807, 2.05) is 7.05 Å². The second-order valence-corrected chi connectivity index (χ2v) is 5.48. The molecule has 0 radical (unpaired) electrons. The van der Waals surface area contributed by atoms with Gasteiger partial charge in [-0.25, -0.2) is 0 Å². The lowest BCUT2D eigenvalue weighted by molar-refractivity contribution is -0.134. The van der Waals surface area contributed by atoms with Crippen LogP contribution in [0.4, 0.5) is 5.82 Å². The molecule has 5 heteroatoms. The largest absolute Gasteiger partial charge is 0.382 e. The zero-order valence-electron chi connectivity index (χ0n) is 11.3. The highest BCUT2D eigenvalue weighted by Gasteiger charge is 2.26. The Morgan fingerprint density at radius 2 is 2.18 bits per heavy atom. The molecule has 0 bridgehead atoms. The maximum Gasteiger partial charge on any atom is 0.244 e. The molecular formula is C12H22N4O. The van der Waals surface area contributed by atoms with Crippen LogP contribution in [-0.4, -0.2) is 33.7 Å². The van der Waals surface area contributed by atoms with Crippen LogP contribution >= 0.6 is 0 Å². The Kier molecular flexibility index (Phi) is 3.80. The number of carbonyl (C=O) groups excluding carboxylic acids is 1. The summed E-state index contributed by atoms with van der Waals surface area (Å²) in [4.78, 5) is 13.8. The van der Waals surface area contributed by atoms with Crippen molar-refractivity contribution in [2.24, 2.45) is 5.41 Å². The van der Waals surface area contributed by atoms with Gasteiger partial charge in [0.1, 0.15) is 12.4 Å². The summed E-state index contributed by atoms with van der Waals surface area (Å²) in [5, 5.41) is 4.00. The third kappa shape index (κ3) is 3.47. The van der Waals surface area contributed by atoms with Crippen molar-refractivity contribution in [2.75, 3.05) is 12.8 Å². The van der Waals surface area contributed by atoms with Crippen LogP contribution in [0.25, 0.3) is 0 Å². The highest BCUT2D eigenvalue weighted by atomic mass is 16.2. The topological polar surface area (TPSA) is 64.2 Å². The minimum absolute atomic E-state index is 0.0375. The van der Waals surface area contributed by atoms with E-state index in [1.165, 1.54) is 0 Å². The van der Waals surface area contributed by atoms with Gasteiger partial charge in [-0.1, -0.05) is 20.8 Å². The number of nitrogen functional groups attached to an aromatic ring is 1. The fourth-order valence-corrected chi connectivity index (χ4v) is 1.51. The summed E-state index contributed by atoms with van der Waals surface area (Å²) in [5.41, 5.74) is 5.57. The third-order valence-electron chi connectivity index (χ3n) is 3.19. The van der Waals surface area contributed by atoms with Crippen LogP contribution in [-0.2, 0) is 11.3 Å². The molecule has 0 aliphatic heterocycles.